The highest BCUT2D eigenvalue weighted by Crippen LogP contribution is 2.21. The number of allylic oxidation sites excluding steroid dienone is 2. The van der Waals surface area contributed by atoms with Crippen LogP contribution in [0.15, 0.2) is 29.4 Å². The van der Waals surface area contributed by atoms with Crippen molar-refractivity contribution in [1.29, 1.82) is 0 Å². The Bertz CT molecular complexity index is 168. The molecule has 0 heterocycles. The predicted octanol–water partition coefficient (Wildman–Crippen LogP) is 3.58. The Morgan fingerprint density at radius 1 is 1.50 bits per heavy atom. The van der Waals surface area contributed by atoms with Crippen LogP contribution in [0.25, 0.3) is 0 Å². The van der Waals surface area contributed by atoms with Crippen LogP contribution in [0, 0.1) is 5.92 Å². The minimum atomic E-state index is 0.609. The number of rotatable bonds is 6. The monoisotopic (exact) mass is 165 g/mol. The summed E-state index contributed by atoms with van der Waals surface area (Å²) < 4.78 is 0. The van der Waals surface area contributed by atoms with Crippen LogP contribution >= 0.6 is 0 Å². The van der Waals surface area contributed by atoms with Crippen molar-refractivity contribution >= 4 is 6.72 Å². The van der Waals surface area contributed by atoms with Gasteiger partial charge in [0.15, 0.2) is 0 Å². The molecule has 0 aliphatic carbocycles. The Balaban J connectivity index is 4.31. The maximum absolute atomic E-state index is 3.77. The third-order valence-electron chi connectivity index (χ3n) is 2.08. The molecular formula is C11H19N. The van der Waals surface area contributed by atoms with Crippen LogP contribution in [0.2, 0.25) is 0 Å². The van der Waals surface area contributed by atoms with Gasteiger partial charge in [0.2, 0.25) is 0 Å². The quantitative estimate of drug-likeness (QED) is 0.421. The molecule has 0 saturated carbocycles. The van der Waals surface area contributed by atoms with Gasteiger partial charge in [-0.2, -0.15) is 0 Å². The zero-order chi connectivity index (χ0) is 9.40. The summed E-state index contributed by atoms with van der Waals surface area (Å²) in [5.74, 6) is 0.609. The zero-order valence-corrected chi connectivity index (χ0v) is 8.21. The van der Waals surface area contributed by atoms with Crippen molar-refractivity contribution in [3.8, 4) is 0 Å². The fourth-order valence-corrected chi connectivity index (χ4v) is 1.39. The molecule has 1 heteroatoms. The summed E-state index contributed by atoms with van der Waals surface area (Å²) in [6.07, 6.45) is 7.28. The van der Waals surface area contributed by atoms with Gasteiger partial charge in [-0.3, -0.25) is 4.99 Å². The van der Waals surface area contributed by atoms with Crippen molar-refractivity contribution in [3.63, 3.8) is 0 Å². The molecule has 0 rings (SSSR count). The highest BCUT2D eigenvalue weighted by Gasteiger charge is 2.07. The van der Waals surface area contributed by atoms with E-state index in [0.717, 1.165) is 6.42 Å². The van der Waals surface area contributed by atoms with Gasteiger partial charge >= 0.3 is 0 Å². The Labute approximate surface area is 75.9 Å². The standard InChI is InChI=1S/C11H19N/c1-5-8-10(6-2)11(7-3)9-12-4/h7,9-10H,3-6,8H2,1-2H3/b11-9+. The van der Waals surface area contributed by atoms with Gasteiger partial charge in [-0.05, 0) is 31.1 Å². The van der Waals surface area contributed by atoms with E-state index in [4.69, 9.17) is 0 Å². The van der Waals surface area contributed by atoms with Gasteiger partial charge in [-0.1, -0.05) is 32.9 Å². The second-order valence-electron chi connectivity index (χ2n) is 2.91. The summed E-state index contributed by atoms with van der Waals surface area (Å²) in [5, 5.41) is 0. The van der Waals surface area contributed by atoms with Crippen molar-refractivity contribution in [2.75, 3.05) is 0 Å². The van der Waals surface area contributed by atoms with Crippen molar-refractivity contribution in [2.24, 2.45) is 10.9 Å². The van der Waals surface area contributed by atoms with Gasteiger partial charge in [0, 0.05) is 6.20 Å². The number of hydrogen-bond acceptors (Lipinski definition) is 1. The average Bonchev–Trinajstić information content (AvgIpc) is 2.11. The summed E-state index contributed by atoms with van der Waals surface area (Å²) in [6.45, 7) is 11.6. The molecule has 12 heavy (non-hydrogen) atoms. The Kier molecular flexibility index (Phi) is 6.35. The lowest BCUT2D eigenvalue weighted by Crippen LogP contribution is -2.00. The molecule has 68 valence electrons. The normalized spacial score (nSPS) is 14.0. The van der Waals surface area contributed by atoms with E-state index in [2.05, 4.69) is 32.1 Å². The first kappa shape index (κ1) is 11.2. The zero-order valence-electron chi connectivity index (χ0n) is 8.21. The lowest BCUT2D eigenvalue weighted by Gasteiger charge is -2.13. The van der Waals surface area contributed by atoms with E-state index in [-0.39, 0.29) is 0 Å². The molecule has 0 amide bonds. The minimum absolute atomic E-state index is 0.609. The van der Waals surface area contributed by atoms with Crippen molar-refractivity contribution in [3.05, 3.63) is 24.4 Å². The Morgan fingerprint density at radius 3 is 2.50 bits per heavy atom. The van der Waals surface area contributed by atoms with Crippen LogP contribution in [0.1, 0.15) is 33.1 Å². The second-order valence-corrected chi connectivity index (χ2v) is 2.91. The highest BCUT2D eigenvalue weighted by atomic mass is 14.6. The van der Waals surface area contributed by atoms with Crippen LogP contribution in [0.4, 0.5) is 0 Å². The molecule has 0 spiro atoms. The van der Waals surface area contributed by atoms with Crippen LogP contribution in [-0.2, 0) is 0 Å². The van der Waals surface area contributed by atoms with E-state index in [1.54, 1.807) is 0 Å². The van der Waals surface area contributed by atoms with Gasteiger partial charge in [0.05, 0.1) is 0 Å². The molecule has 0 aliphatic heterocycles. The van der Waals surface area contributed by atoms with Crippen LogP contribution in [0.5, 0.6) is 0 Å². The molecule has 0 saturated heterocycles. The SMILES string of the molecule is C=C/C(=C\N=C)C(CC)CCC. The molecular weight excluding hydrogens is 146 g/mol. The molecule has 1 unspecified atom stereocenters. The predicted molar refractivity (Wildman–Crippen MR) is 56.5 cm³/mol. The molecule has 0 radical (unpaired) electrons. The van der Waals surface area contributed by atoms with Gasteiger partial charge < -0.3 is 0 Å². The number of nitrogens with zero attached hydrogens (tertiary/aromatic N) is 1. The van der Waals surface area contributed by atoms with E-state index in [9.17, 15) is 0 Å². The van der Waals surface area contributed by atoms with E-state index in [0.29, 0.717) is 5.92 Å². The fourth-order valence-electron chi connectivity index (χ4n) is 1.39. The molecule has 0 bridgehead atoms. The third kappa shape index (κ3) is 3.51. The van der Waals surface area contributed by atoms with Crippen LogP contribution < -0.4 is 0 Å². The highest BCUT2D eigenvalue weighted by molar-refractivity contribution is 5.29. The summed E-state index contributed by atoms with van der Waals surface area (Å²) in [7, 11) is 0. The second kappa shape index (κ2) is 6.84. The van der Waals surface area contributed by atoms with Crippen molar-refractivity contribution in [2.45, 2.75) is 33.1 Å². The largest absolute Gasteiger partial charge is 0.272 e. The van der Waals surface area contributed by atoms with Crippen LogP contribution in [-0.4, -0.2) is 6.72 Å². The van der Waals surface area contributed by atoms with Gasteiger partial charge in [-0.15, -0.1) is 0 Å². The maximum Gasteiger partial charge on any atom is 0.0295 e. The summed E-state index contributed by atoms with van der Waals surface area (Å²) in [4.78, 5) is 3.77. The lowest BCUT2D eigenvalue weighted by molar-refractivity contribution is 0.543. The van der Waals surface area contributed by atoms with E-state index in [1.807, 2.05) is 12.3 Å². The average molecular weight is 165 g/mol. The van der Waals surface area contributed by atoms with Crippen molar-refractivity contribution in [1.82, 2.24) is 0 Å². The van der Waals surface area contributed by atoms with E-state index in [1.165, 1.54) is 18.4 Å². The molecule has 0 aliphatic rings. The smallest absolute Gasteiger partial charge is 0.0295 e. The first-order valence-corrected chi connectivity index (χ1v) is 4.58. The molecule has 0 fully saturated rings. The number of aliphatic imine (C=N–C) groups is 1. The minimum Gasteiger partial charge on any atom is -0.272 e. The molecule has 1 atom stereocenters. The summed E-state index contributed by atoms with van der Waals surface area (Å²) in [6, 6.07) is 0. The number of hydrogen-bond donors (Lipinski definition) is 0. The molecule has 0 aromatic rings. The maximum atomic E-state index is 3.77. The molecule has 0 aromatic carbocycles. The van der Waals surface area contributed by atoms with Gasteiger partial charge in [0.1, 0.15) is 0 Å². The summed E-state index contributed by atoms with van der Waals surface area (Å²) >= 11 is 0. The van der Waals surface area contributed by atoms with Gasteiger partial charge in [-0.25, -0.2) is 0 Å². The van der Waals surface area contributed by atoms with Crippen molar-refractivity contribution < 1.29 is 0 Å². The van der Waals surface area contributed by atoms with Gasteiger partial charge in [0.25, 0.3) is 0 Å². The third-order valence-corrected chi connectivity index (χ3v) is 2.08. The van der Waals surface area contributed by atoms with Crippen LogP contribution in [0.3, 0.4) is 0 Å². The first-order valence-electron chi connectivity index (χ1n) is 4.58. The topological polar surface area (TPSA) is 12.4 Å². The fraction of sp³-hybridized carbons (Fsp3) is 0.545. The van der Waals surface area contributed by atoms with E-state index >= 15 is 0 Å². The summed E-state index contributed by atoms with van der Waals surface area (Å²) in [5.41, 5.74) is 1.22. The lowest BCUT2D eigenvalue weighted by atomic mass is 9.92. The molecule has 0 aromatic heterocycles. The van der Waals surface area contributed by atoms with E-state index < -0.39 is 0 Å². The molecule has 0 N–H and O–H groups in total. The first-order chi connectivity index (χ1) is 5.79. The Morgan fingerprint density at radius 2 is 2.17 bits per heavy atom. The Hall–Kier alpha value is -0.850. The molecule has 1 nitrogen and oxygen atoms in total.